The lowest BCUT2D eigenvalue weighted by molar-refractivity contribution is -0.150. The van der Waals surface area contributed by atoms with Gasteiger partial charge in [-0.3, -0.25) is 10.1 Å². The highest BCUT2D eigenvalue weighted by molar-refractivity contribution is 7.99. The maximum atomic E-state index is 12.3. The van der Waals surface area contributed by atoms with E-state index in [9.17, 15) is 4.79 Å². The van der Waals surface area contributed by atoms with Gasteiger partial charge < -0.3 is 4.74 Å². The molecule has 0 aromatic heterocycles. The van der Waals surface area contributed by atoms with Crippen molar-refractivity contribution in [2.24, 2.45) is 5.92 Å². The van der Waals surface area contributed by atoms with Gasteiger partial charge in [-0.15, -0.1) is 0 Å². The first-order valence-electron chi connectivity index (χ1n) is 7.97. The molecule has 0 radical (unpaired) electrons. The highest BCUT2D eigenvalue weighted by atomic mass is 32.2. The molecular weight excluding hydrogens is 270 g/mol. The van der Waals surface area contributed by atoms with E-state index in [-0.39, 0.29) is 5.97 Å². The van der Waals surface area contributed by atoms with Crippen LogP contribution in [0.2, 0.25) is 0 Å². The summed E-state index contributed by atoms with van der Waals surface area (Å²) >= 11 is 1.97. The van der Waals surface area contributed by atoms with Gasteiger partial charge in [0.2, 0.25) is 0 Å². The zero-order chi connectivity index (χ0) is 15.2. The highest BCUT2D eigenvalue weighted by Gasteiger charge is 2.40. The smallest absolute Gasteiger partial charge is 0.326 e. The average Bonchev–Trinajstić information content (AvgIpc) is 3.19. The van der Waals surface area contributed by atoms with Gasteiger partial charge in [0.15, 0.2) is 0 Å². The van der Waals surface area contributed by atoms with E-state index in [0.717, 1.165) is 12.3 Å². The molecule has 0 aromatic rings. The first kappa shape index (κ1) is 17.8. The van der Waals surface area contributed by atoms with Gasteiger partial charge in [-0.25, -0.2) is 0 Å². The van der Waals surface area contributed by atoms with Crippen LogP contribution < -0.4 is 5.32 Å². The van der Waals surface area contributed by atoms with E-state index < -0.39 is 5.54 Å². The third kappa shape index (κ3) is 6.04. The standard InChI is InChI=1S/C16H31NO2S/c1-6-12(3)11-20-13(4)10-16(5,15(18)19-7-2)17-14-8-9-14/h12-14,17H,6-11H2,1-5H3. The molecule has 1 N–H and O–H groups in total. The van der Waals surface area contributed by atoms with Crippen LogP contribution in [0, 0.1) is 5.92 Å². The molecular formula is C16H31NO2S. The van der Waals surface area contributed by atoms with E-state index in [2.05, 4.69) is 26.1 Å². The summed E-state index contributed by atoms with van der Waals surface area (Å²) in [5.74, 6) is 1.82. The van der Waals surface area contributed by atoms with Crippen molar-refractivity contribution < 1.29 is 9.53 Å². The van der Waals surface area contributed by atoms with Crippen LogP contribution in [0.5, 0.6) is 0 Å². The second-order valence-electron chi connectivity index (χ2n) is 6.33. The van der Waals surface area contributed by atoms with Crippen LogP contribution >= 0.6 is 11.8 Å². The number of ether oxygens (including phenoxy) is 1. The maximum Gasteiger partial charge on any atom is 0.326 e. The molecule has 1 aliphatic carbocycles. The lowest BCUT2D eigenvalue weighted by Gasteiger charge is -2.31. The summed E-state index contributed by atoms with van der Waals surface area (Å²) in [4.78, 5) is 12.3. The molecule has 0 heterocycles. The molecule has 0 aliphatic heterocycles. The Bertz CT molecular complexity index is 307. The number of rotatable bonds is 10. The quantitative estimate of drug-likeness (QED) is 0.626. The van der Waals surface area contributed by atoms with Gasteiger partial charge in [-0.1, -0.05) is 27.2 Å². The number of nitrogens with one attached hydrogen (secondary N) is 1. The maximum absolute atomic E-state index is 12.3. The molecule has 20 heavy (non-hydrogen) atoms. The second kappa shape index (κ2) is 8.28. The zero-order valence-corrected chi connectivity index (χ0v) is 14.5. The average molecular weight is 301 g/mol. The summed E-state index contributed by atoms with van der Waals surface area (Å²) in [6.45, 7) is 11.1. The molecule has 1 saturated carbocycles. The molecule has 1 aliphatic rings. The molecule has 0 bridgehead atoms. The number of thioether (sulfide) groups is 1. The van der Waals surface area contributed by atoms with E-state index in [1.165, 1.54) is 25.0 Å². The summed E-state index contributed by atoms with van der Waals surface area (Å²) < 4.78 is 5.27. The third-order valence-corrected chi connectivity index (χ3v) is 5.38. The molecule has 0 amide bonds. The number of carbonyl (C=O) groups is 1. The Hall–Kier alpha value is -0.220. The second-order valence-corrected chi connectivity index (χ2v) is 7.80. The minimum Gasteiger partial charge on any atom is -0.465 e. The molecule has 1 fully saturated rings. The highest BCUT2D eigenvalue weighted by Crippen LogP contribution is 2.29. The number of hydrogen-bond donors (Lipinski definition) is 1. The van der Waals surface area contributed by atoms with Gasteiger partial charge in [0, 0.05) is 11.3 Å². The third-order valence-electron chi connectivity index (χ3n) is 3.88. The predicted octanol–water partition coefficient (Wildman–Crippen LogP) is 3.62. The van der Waals surface area contributed by atoms with Crippen molar-refractivity contribution in [2.45, 2.75) is 77.1 Å². The van der Waals surface area contributed by atoms with Gasteiger partial charge in [-0.2, -0.15) is 11.8 Å². The van der Waals surface area contributed by atoms with E-state index in [1.54, 1.807) is 0 Å². The molecule has 3 unspecified atom stereocenters. The van der Waals surface area contributed by atoms with Crippen LogP contribution in [0.4, 0.5) is 0 Å². The normalized spacial score (nSPS) is 21.1. The Labute approximate surface area is 128 Å². The minimum atomic E-state index is -0.529. The molecule has 0 saturated heterocycles. The van der Waals surface area contributed by atoms with Crippen LogP contribution in [-0.2, 0) is 9.53 Å². The van der Waals surface area contributed by atoms with Crippen molar-refractivity contribution >= 4 is 17.7 Å². The van der Waals surface area contributed by atoms with Crippen molar-refractivity contribution in [3.8, 4) is 0 Å². The first-order valence-corrected chi connectivity index (χ1v) is 9.02. The van der Waals surface area contributed by atoms with Crippen LogP contribution in [0.1, 0.15) is 60.3 Å². The van der Waals surface area contributed by atoms with E-state index in [4.69, 9.17) is 4.74 Å². The summed E-state index contributed by atoms with van der Waals surface area (Å²) in [5.41, 5.74) is -0.529. The Kier molecular flexibility index (Phi) is 7.38. The Morgan fingerprint density at radius 2 is 2.05 bits per heavy atom. The molecule has 3 nitrogen and oxygen atoms in total. The summed E-state index contributed by atoms with van der Waals surface area (Å²) in [6, 6.07) is 0.510. The molecule has 0 spiro atoms. The van der Waals surface area contributed by atoms with E-state index in [1.807, 2.05) is 25.6 Å². The molecule has 3 atom stereocenters. The van der Waals surface area contributed by atoms with Crippen molar-refractivity contribution in [1.82, 2.24) is 5.32 Å². The molecule has 118 valence electrons. The van der Waals surface area contributed by atoms with Crippen molar-refractivity contribution in [1.29, 1.82) is 0 Å². The molecule has 4 heteroatoms. The van der Waals surface area contributed by atoms with E-state index >= 15 is 0 Å². The fourth-order valence-electron chi connectivity index (χ4n) is 2.25. The fourth-order valence-corrected chi connectivity index (χ4v) is 3.59. The largest absolute Gasteiger partial charge is 0.465 e. The summed E-state index contributed by atoms with van der Waals surface area (Å²) in [6.07, 6.45) is 4.42. The molecule has 1 rings (SSSR count). The minimum absolute atomic E-state index is 0.0945. The number of esters is 1. The fraction of sp³-hybridized carbons (Fsp3) is 0.938. The monoisotopic (exact) mass is 301 g/mol. The SMILES string of the molecule is CCOC(=O)C(C)(CC(C)SCC(C)CC)NC1CC1. The van der Waals surface area contributed by atoms with Crippen LogP contribution in [0.15, 0.2) is 0 Å². The van der Waals surface area contributed by atoms with Crippen LogP contribution in [-0.4, -0.2) is 35.2 Å². The first-order chi connectivity index (χ1) is 9.41. The Balaban J connectivity index is 2.51. The van der Waals surface area contributed by atoms with Crippen LogP contribution in [0.25, 0.3) is 0 Å². The Morgan fingerprint density at radius 1 is 1.40 bits per heavy atom. The molecule has 0 aromatic carbocycles. The van der Waals surface area contributed by atoms with Gasteiger partial charge in [-0.05, 0) is 44.8 Å². The van der Waals surface area contributed by atoms with Gasteiger partial charge in [0.05, 0.1) is 6.61 Å². The van der Waals surface area contributed by atoms with Gasteiger partial charge in [0.1, 0.15) is 5.54 Å². The van der Waals surface area contributed by atoms with Crippen molar-refractivity contribution in [3.05, 3.63) is 0 Å². The lowest BCUT2D eigenvalue weighted by Crippen LogP contribution is -2.52. The zero-order valence-electron chi connectivity index (χ0n) is 13.7. The van der Waals surface area contributed by atoms with Crippen molar-refractivity contribution in [2.75, 3.05) is 12.4 Å². The van der Waals surface area contributed by atoms with Crippen molar-refractivity contribution in [3.63, 3.8) is 0 Å². The number of hydrogen-bond acceptors (Lipinski definition) is 4. The summed E-state index contributed by atoms with van der Waals surface area (Å²) in [7, 11) is 0. The topological polar surface area (TPSA) is 38.3 Å². The van der Waals surface area contributed by atoms with E-state index in [0.29, 0.717) is 17.9 Å². The number of carbonyl (C=O) groups excluding carboxylic acids is 1. The van der Waals surface area contributed by atoms with Gasteiger partial charge in [0.25, 0.3) is 0 Å². The van der Waals surface area contributed by atoms with Gasteiger partial charge >= 0.3 is 5.97 Å². The summed E-state index contributed by atoms with van der Waals surface area (Å²) in [5, 5.41) is 3.96. The Morgan fingerprint density at radius 3 is 2.55 bits per heavy atom. The predicted molar refractivity (Wildman–Crippen MR) is 87.2 cm³/mol. The van der Waals surface area contributed by atoms with Crippen LogP contribution in [0.3, 0.4) is 0 Å². The lowest BCUT2D eigenvalue weighted by atomic mass is 9.95.